The van der Waals surface area contributed by atoms with Crippen LogP contribution in [0.2, 0.25) is 0 Å². The molecular formula is C22H21NO5. The smallest absolute Gasteiger partial charge is 0.258 e. The number of carbonyl (C=O) groups is 1. The molecule has 0 saturated carbocycles. The van der Waals surface area contributed by atoms with Crippen LogP contribution in [-0.2, 0) is 9.53 Å². The fourth-order valence-electron chi connectivity index (χ4n) is 3.25. The van der Waals surface area contributed by atoms with E-state index in [1.807, 2.05) is 30.3 Å². The van der Waals surface area contributed by atoms with Gasteiger partial charge in [0.05, 0.1) is 17.1 Å². The van der Waals surface area contributed by atoms with Gasteiger partial charge in [-0.2, -0.15) is 0 Å². The summed E-state index contributed by atoms with van der Waals surface area (Å²) >= 11 is 0. The van der Waals surface area contributed by atoms with Crippen molar-refractivity contribution in [3.05, 3.63) is 65.0 Å². The predicted molar refractivity (Wildman–Crippen MR) is 105 cm³/mol. The van der Waals surface area contributed by atoms with Gasteiger partial charge in [-0.15, -0.1) is 0 Å². The average molecular weight is 379 g/mol. The highest BCUT2D eigenvalue weighted by Gasteiger charge is 2.16. The summed E-state index contributed by atoms with van der Waals surface area (Å²) < 4.78 is 16.6. The molecule has 6 nitrogen and oxygen atoms in total. The predicted octanol–water partition coefficient (Wildman–Crippen LogP) is 3.13. The minimum absolute atomic E-state index is 0.0951. The Kier molecular flexibility index (Phi) is 5.39. The van der Waals surface area contributed by atoms with Crippen molar-refractivity contribution in [1.29, 1.82) is 0 Å². The zero-order valence-corrected chi connectivity index (χ0v) is 15.4. The number of benzene rings is 2. The van der Waals surface area contributed by atoms with E-state index < -0.39 is 0 Å². The third kappa shape index (κ3) is 4.07. The Morgan fingerprint density at radius 2 is 2.04 bits per heavy atom. The SMILES string of the molecule is O=C(COc1ccc2c(=O)c(-c3ccccc3)coc2c1)NC[C@H]1CCCO1. The van der Waals surface area contributed by atoms with Gasteiger partial charge in [-0.25, -0.2) is 0 Å². The third-order valence-corrected chi connectivity index (χ3v) is 4.75. The normalized spacial score (nSPS) is 16.2. The molecule has 2 heterocycles. The van der Waals surface area contributed by atoms with E-state index >= 15 is 0 Å². The number of fused-ring (bicyclic) bond motifs is 1. The van der Waals surface area contributed by atoms with Crippen molar-refractivity contribution >= 4 is 16.9 Å². The van der Waals surface area contributed by atoms with Crippen LogP contribution < -0.4 is 15.5 Å². The van der Waals surface area contributed by atoms with Crippen LogP contribution in [0, 0.1) is 0 Å². The number of nitrogens with one attached hydrogen (secondary N) is 1. The largest absolute Gasteiger partial charge is 0.484 e. The minimum atomic E-state index is -0.212. The first kappa shape index (κ1) is 18.3. The van der Waals surface area contributed by atoms with Crippen LogP contribution in [0.1, 0.15) is 12.8 Å². The lowest BCUT2D eigenvalue weighted by Crippen LogP contribution is -2.35. The Bertz CT molecular complexity index is 1020. The van der Waals surface area contributed by atoms with E-state index in [2.05, 4.69) is 5.32 Å². The monoisotopic (exact) mass is 379 g/mol. The van der Waals surface area contributed by atoms with Crippen LogP contribution in [-0.4, -0.2) is 31.8 Å². The van der Waals surface area contributed by atoms with E-state index in [0.717, 1.165) is 25.0 Å². The Morgan fingerprint density at radius 1 is 1.18 bits per heavy atom. The van der Waals surface area contributed by atoms with Gasteiger partial charge < -0.3 is 19.2 Å². The lowest BCUT2D eigenvalue weighted by molar-refractivity contribution is -0.123. The molecule has 2 aromatic carbocycles. The van der Waals surface area contributed by atoms with Gasteiger partial charge in [-0.05, 0) is 30.5 Å². The molecule has 0 spiro atoms. The maximum atomic E-state index is 12.7. The van der Waals surface area contributed by atoms with Gasteiger partial charge in [-0.3, -0.25) is 9.59 Å². The van der Waals surface area contributed by atoms with E-state index in [0.29, 0.717) is 28.8 Å². The zero-order chi connectivity index (χ0) is 19.3. The molecular weight excluding hydrogens is 358 g/mol. The Balaban J connectivity index is 1.43. The van der Waals surface area contributed by atoms with Gasteiger partial charge in [-0.1, -0.05) is 30.3 Å². The molecule has 6 heteroatoms. The van der Waals surface area contributed by atoms with E-state index in [4.69, 9.17) is 13.9 Å². The summed E-state index contributed by atoms with van der Waals surface area (Å²) in [4.78, 5) is 24.7. The summed E-state index contributed by atoms with van der Waals surface area (Å²) in [5.74, 6) is 0.256. The molecule has 1 atom stereocenters. The van der Waals surface area contributed by atoms with Gasteiger partial charge >= 0.3 is 0 Å². The summed E-state index contributed by atoms with van der Waals surface area (Å²) in [6.07, 6.45) is 3.55. The second-order valence-corrected chi connectivity index (χ2v) is 6.73. The van der Waals surface area contributed by atoms with E-state index in [1.165, 1.54) is 6.26 Å². The summed E-state index contributed by atoms with van der Waals surface area (Å²) in [5, 5.41) is 3.27. The molecule has 1 amide bonds. The molecule has 1 aliphatic heterocycles. The fraction of sp³-hybridized carbons (Fsp3) is 0.273. The molecule has 4 rings (SSSR count). The molecule has 1 fully saturated rings. The molecule has 28 heavy (non-hydrogen) atoms. The Morgan fingerprint density at radius 3 is 2.82 bits per heavy atom. The highest BCUT2D eigenvalue weighted by atomic mass is 16.5. The lowest BCUT2D eigenvalue weighted by atomic mass is 10.1. The van der Waals surface area contributed by atoms with Crippen LogP contribution in [0.4, 0.5) is 0 Å². The molecule has 144 valence electrons. The highest BCUT2D eigenvalue weighted by molar-refractivity contribution is 5.83. The standard InChI is InChI=1S/C22H21NO5/c24-21(23-12-17-7-4-10-26-17)14-27-16-8-9-18-20(11-16)28-13-19(22(18)25)15-5-2-1-3-6-15/h1-3,5-6,8-9,11,13,17H,4,7,10,12,14H2,(H,23,24)/t17-/m1/s1. The van der Waals surface area contributed by atoms with Gasteiger partial charge in [0.25, 0.3) is 5.91 Å². The van der Waals surface area contributed by atoms with Crippen molar-refractivity contribution in [2.24, 2.45) is 0 Å². The molecule has 1 aliphatic rings. The van der Waals surface area contributed by atoms with Gasteiger partial charge in [0.15, 0.2) is 12.0 Å². The van der Waals surface area contributed by atoms with Crippen molar-refractivity contribution in [3.8, 4) is 16.9 Å². The minimum Gasteiger partial charge on any atom is -0.484 e. The van der Waals surface area contributed by atoms with Crippen LogP contribution in [0.5, 0.6) is 5.75 Å². The third-order valence-electron chi connectivity index (χ3n) is 4.75. The number of amides is 1. The first-order valence-corrected chi connectivity index (χ1v) is 9.33. The van der Waals surface area contributed by atoms with Crippen LogP contribution in [0.3, 0.4) is 0 Å². The second-order valence-electron chi connectivity index (χ2n) is 6.73. The number of hydrogen-bond acceptors (Lipinski definition) is 5. The van der Waals surface area contributed by atoms with Crippen molar-refractivity contribution in [2.75, 3.05) is 19.8 Å². The Hall–Kier alpha value is -3.12. The number of rotatable bonds is 6. The summed E-state index contributed by atoms with van der Waals surface area (Å²) in [6, 6.07) is 14.3. The molecule has 0 unspecified atom stereocenters. The molecule has 0 radical (unpaired) electrons. The Labute approximate surface area is 162 Å². The molecule has 1 aromatic heterocycles. The van der Waals surface area contributed by atoms with Crippen LogP contribution >= 0.6 is 0 Å². The second kappa shape index (κ2) is 8.27. The summed E-state index contributed by atoms with van der Waals surface area (Å²) in [6.45, 7) is 1.15. The number of carbonyl (C=O) groups excluding carboxylic acids is 1. The van der Waals surface area contributed by atoms with Crippen LogP contribution in [0.15, 0.2) is 64.0 Å². The number of hydrogen-bond donors (Lipinski definition) is 1. The van der Waals surface area contributed by atoms with Gasteiger partial charge in [0.1, 0.15) is 17.6 Å². The summed E-state index contributed by atoms with van der Waals surface area (Å²) in [7, 11) is 0. The van der Waals surface area contributed by atoms with E-state index in [1.54, 1.807) is 18.2 Å². The lowest BCUT2D eigenvalue weighted by Gasteiger charge is -2.11. The molecule has 0 aliphatic carbocycles. The first-order valence-electron chi connectivity index (χ1n) is 9.33. The van der Waals surface area contributed by atoms with Gasteiger partial charge in [0.2, 0.25) is 0 Å². The quantitative estimate of drug-likeness (QED) is 0.712. The highest BCUT2D eigenvalue weighted by Crippen LogP contribution is 2.23. The van der Waals surface area contributed by atoms with Crippen molar-refractivity contribution in [1.82, 2.24) is 5.32 Å². The van der Waals surface area contributed by atoms with E-state index in [9.17, 15) is 9.59 Å². The van der Waals surface area contributed by atoms with E-state index in [-0.39, 0.29) is 24.0 Å². The topological polar surface area (TPSA) is 77.8 Å². The van der Waals surface area contributed by atoms with Crippen molar-refractivity contribution in [2.45, 2.75) is 18.9 Å². The first-order chi connectivity index (χ1) is 13.7. The molecule has 1 N–H and O–H groups in total. The maximum absolute atomic E-state index is 12.7. The maximum Gasteiger partial charge on any atom is 0.258 e. The molecule has 1 saturated heterocycles. The molecule has 3 aromatic rings. The fourth-order valence-corrected chi connectivity index (χ4v) is 3.25. The zero-order valence-electron chi connectivity index (χ0n) is 15.4. The average Bonchev–Trinajstić information content (AvgIpc) is 3.25. The summed E-state index contributed by atoms with van der Waals surface area (Å²) in [5.41, 5.74) is 1.63. The van der Waals surface area contributed by atoms with Crippen LogP contribution in [0.25, 0.3) is 22.1 Å². The molecule has 0 bridgehead atoms. The van der Waals surface area contributed by atoms with Gasteiger partial charge in [0, 0.05) is 19.2 Å². The van der Waals surface area contributed by atoms with Crippen molar-refractivity contribution < 1.29 is 18.7 Å². The number of ether oxygens (including phenoxy) is 2. The van der Waals surface area contributed by atoms with Crippen molar-refractivity contribution in [3.63, 3.8) is 0 Å².